The summed E-state index contributed by atoms with van der Waals surface area (Å²) in [6, 6.07) is 5.25. The van der Waals surface area contributed by atoms with Gasteiger partial charge in [-0.1, -0.05) is 11.6 Å². The molecule has 6 nitrogen and oxygen atoms in total. The predicted molar refractivity (Wildman–Crippen MR) is 105 cm³/mol. The molecule has 1 amide bonds. The minimum Gasteiger partial charge on any atom is -0.356 e. The van der Waals surface area contributed by atoms with Crippen molar-refractivity contribution in [3.8, 4) is 0 Å². The Hall–Kier alpha value is -1.86. The quantitative estimate of drug-likeness (QED) is 0.562. The molecule has 8 heteroatoms. The number of ketones is 1. The van der Waals surface area contributed by atoms with Crippen LogP contribution >= 0.6 is 27.5 Å². The summed E-state index contributed by atoms with van der Waals surface area (Å²) in [7, 11) is 0. The number of aromatic nitrogens is 2. The monoisotopic (exact) mass is 438 g/mol. The van der Waals surface area contributed by atoms with Gasteiger partial charge in [-0.2, -0.15) is 0 Å². The topological polar surface area (TPSA) is 78.1 Å². The van der Waals surface area contributed by atoms with Crippen LogP contribution in [0.3, 0.4) is 0 Å². The number of pyridine rings is 1. The summed E-state index contributed by atoms with van der Waals surface area (Å²) in [6.45, 7) is 4.90. The number of hydrogen-bond donors (Lipinski definition) is 2. The van der Waals surface area contributed by atoms with E-state index in [4.69, 9.17) is 11.6 Å². The summed E-state index contributed by atoms with van der Waals surface area (Å²) >= 11 is 9.44. The van der Waals surface area contributed by atoms with Gasteiger partial charge in [0.15, 0.2) is 5.78 Å². The number of aryl methyl sites for hydroxylation is 1. The van der Waals surface area contributed by atoms with Crippen LogP contribution < -0.4 is 10.2 Å². The van der Waals surface area contributed by atoms with Crippen molar-refractivity contribution >= 4 is 45.0 Å². The highest BCUT2D eigenvalue weighted by Crippen LogP contribution is 2.23. The van der Waals surface area contributed by atoms with Crippen molar-refractivity contribution in [3.05, 3.63) is 44.8 Å². The smallest absolute Gasteiger partial charge is 0.267 e. The average molecular weight is 440 g/mol. The van der Waals surface area contributed by atoms with Gasteiger partial charge in [-0.05, 0) is 60.8 Å². The van der Waals surface area contributed by atoms with E-state index in [2.05, 4.69) is 36.1 Å². The number of H-pyrrole nitrogens is 1. The number of anilines is 1. The molecule has 0 atom stereocenters. The Kier molecular flexibility index (Phi) is 5.67. The van der Waals surface area contributed by atoms with Gasteiger partial charge in [0.25, 0.3) is 5.91 Å². The molecular formula is C18H20BrClN4O2. The Balaban J connectivity index is 1.61. The van der Waals surface area contributed by atoms with Crippen LogP contribution in [0.4, 0.5) is 5.82 Å². The summed E-state index contributed by atoms with van der Waals surface area (Å²) < 4.78 is 0.894. The molecule has 0 spiro atoms. The Bertz CT molecular complexity index is 824. The normalized spacial score (nSPS) is 15.2. The molecule has 2 N–H and O–H groups in total. The van der Waals surface area contributed by atoms with Gasteiger partial charge >= 0.3 is 0 Å². The third-order valence-electron chi connectivity index (χ3n) is 4.54. The van der Waals surface area contributed by atoms with Crippen LogP contribution in [0.15, 0.2) is 22.7 Å². The first kappa shape index (κ1) is 18.9. The number of hydrogen-bond acceptors (Lipinski definition) is 4. The summed E-state index contributed by atoms with van der Waals surface area (Å²) in [5.74, 6) is 0.568. The van der Waals surface area contributed by atoms with Gasteiger partial charge in [-0.3, -0.25) is 9.59 Å². The van der Waals surface area contributed by atoms with Gasteiger partial charge < -0.3 is 15.2 Å². The first-order valence-corrected chi connectivity index (χ1v) is 9.60. The van der Waals surface area contributed by atoms with Crippen LogP contribution in [0.5, 0.6) is 0 Å². The molecule has 0 aliphatic carbocycles. The molecule has 26 heavy (non-hydrogen) atoms. The van der Waals surface area contributed by atoms with Gasteiger partial charge in [-0.25, -0.2) is 4.98 Å². The number of Topliss-reactive ketones (excluding diaryl/α,β-unsaturated/α-hetero) is 1. The molecular weight excluding hydrogens is 420 g/mol. The van der Waals surface area contributed by atoms with Crippen molar-refractivity contribution < 1.29 is 9.59 Å². The molecule has 2 aromatic heterocycles. The molecule has 0 bridgehead atoms. The van der Waals surface area contributed by atoms with E-state index in [1.807, 2.05) is 6.92 Å². The SMILES string of the molecule is CC(=O)c1cc(Cl)nc(N2CCC(NC(=O)c3cc(Br)c(C)[nH]3)CC2)c1. The number of rotatable bonds is 4. The van der Waals surface area contributed by atoms with E-state index >= 15 is 0 Å². The number of carbonyl (C=O) groups excluding carboxylic acids is 2. The Labute approximate surface area is 165 Å². The molecule has 138 valence electrons. The third-order valence-corrected chi connectivity index (χ3v) is 5.55. The molecule has 1 saturated heterocycles. The second-order valence-corrected chi connectivity index (χ2v) is 7.73. The van der Waals surface area contributed by atoms with Crippen LogP contribution in [-0.4, -0.2) is 40.8 Å². The lowest BCUT2D eigenvalue weighted by molar-refractivity contribution is 0.0925. The standard InChI is InChI=1S/C18H20BrClN4O2/c1-10-14(19)9-15(21-10)18(26)22-13-3-5-24(6-4-13)17-8-12(11(2)25)7-16(20)23-17/h7-9,13,21H,3-6H2,1-2H3,(H,22,26). The van der Waals surface area contributed by atoms with E-state index in [1.165, 1.54) is 6.92 Å². The maximum Gasteiger partial charge on any atom is 0.267 e. The highest BCUT2D eigenvalue weighted by Gasteiger charge is 2.23. The number of aromatic amines is 1. The minimum absolute atomic E-state index is 0.0369. The summed E-state index contributed by atoms with van der Waals surface area (Å²) in [6.07, 6.45) is 1.60. The number of piperidine rings is 1. The van der Waals surface area contributed by atoms with Gasteiger partial charge in [0.05, 0.1) is 0 Å². The largest absolute Gasteiger partial charge is 0.356 e. The molecule has 3 rings (SSSR count). The van der Waals surface area contributed by atoms with Gasteiger partial charge in [0, 0.05) is 34.9 Å². The van der Waals surface area contributed by atoms with Crippen molar-refractivity contribution in [1.29, 1.82) is 0 Å². The lowest BCUT2D eigenvalue weighted by atomic mass is 10.0. The van der Waals surface area contributed by atoms with Crippen molar-refractivity contribution in [3.63, 3.8) is 0 Å². The van der Waals surface area contributed by atoms with E-state index < -0.39 is 0 Å². The van der Waals surface area contributed by atoms with Crippen molar-refractivity contribution in [2.45, 2.75) is 32.7 Å². The number of nitrogens with zero attached hydrogens (tertiary/aromatic N) is 2. The number of amides is 1. The zero-order valence-corrected chi connectivity index (χ0v) is 16.9. The van der Waals surface area contributed by atoms with Gasteiger partial charge in [0.2, 0.25) is 0 Å². The van der Waals surface area contributed by atoms with Crippen LogP contribution in [0.1, 0.15) is 46.3 Å². The fourth-order valence-corrected chi connectivity index (χ4v) is 3.55. The summed E-state index contributed by atoms with van der Waals surface area (Å²) in [5.41, 5.74) is 2.04. The molecule has 3 heterocycles. The van der Waals surface area contributed by atoms with E-state index in [0.29, 0.717) is 22.2 Å². The molecule has 0 unspecified atom stereocenters. The maximum absolute atomic E-state index is 12.4. The van der Waals surface area contributed by atoms with Gasteiger partial charge in [-0.15, -0.1) is 0 Å². The first-order chi connectivity index (χ1) is 12.3. The lowest BCUT2D eigenvalue weighted by Gasteiger charge is -2.33. The molecule has 0 radical (unpaired) electrons. The molecule has 1 fully saturated rings. The lowest BCUT2D eigenvalue weighted by Crippen LogP contribution is -2.45. The zero-order chi connectivity index (χ0) is 18.8. The third kappa shape index (κ3) is 4.27. The highest BCUT2D eigenvalue weighted by atomic mass is 79.9. The van der Waals surface area contributed by atoms with E-state index in [1.54, 1.807) is 18.2 Å². The van der Waals surface area contributed by atoms with Gasteiger partial charge in [0.1, 0.15) is 16.7 Å². The first-order valence-electron chi connectivity index (χ1n) is 8.43. The highest BCUT2D eigenvalue weighted by molar-refractivity contribution is 9.10. The second-order valence-electron chi connectivity index (χ2n) is 6.48. The number of nitrogens with one attached hydrogen (secondary N) is 2. The average Bonchev–Trinajstić information content (AvgIpc) is 2.94. The van der Waals surface area contributed by atoms with Crippen LogP contribution in [0.25, 0.3) is 0 Å². The van der Waals surface area contributed by atoms with E-state index in [9.17, 15) is 9.59 Å². The molecule has 2 aromatic rings. The van der Waals surface area contributed by atoms with Crippen molar-refractivity contribution in [2.75, 3.05) is 18.0 Å². The Morgan fingerprint density at radius 2 is 2.00 bits per heavy atom. The predicted octanol–water partition coefficient (Wildman–Crippen LogP) is 3.74. The Morgan fingerprint density at radius 1 is 1.31 bits per heavy atom. The van der Waals surface area contributed by atoms with Crippen LogP contribution in [0.2, 0.25) is 5.15 Å². The fraction of sp³-hybridized carbons (Fsp3) is 0.389. The van der Waals surface area contributed by atoms with Crippen LogP contribution in [-0.2, 0) is 0 Å². The maximum atomic E-state index is 12.4. The Morgan fingerprint density at radius 3 is 2.58 bits per heavy atom. The van der Waals surface area contributed by atoms with E-state index in [0.717, 1.165) is 36.1 Å². The molecule has 0 aromatic carbocycles. The molecule has 1 aliphatic rings. The van der Waals surface area contributed by atoms with Crippen molar-refractivity contribution in [2.24, 2.45) is 0 Å². The number of carbonyl (C=O) groups is 2. The van der Waals surface area contributed by atoms with Crippen LogP contribution in [0, 0.1) is 6.92 Å². The fourth-order valence-electron chi connectivity index (χ4n) is 3.02. The zero-order valence-electron chi connectivity index (χ0n) is 14.6. The minimum atomic E-state index is -0.100. The second kappa shape index (κ2) is 7.80. The molecule has 1 aliphatic heterocycles. The summed E-state index contributed by atoms with van der Waals surface area (Å²) in [4.78, 5) is 33.4. The number of halogens is 2. The molecule has 0 saturated carbocycles. The van der Waals surface area contributed by atoms with Crippen molar-refractivity contribution in [1.82, 2.24) is 15.3 Å². The summed E-state index contributed by atoms with van der Waals surface area (Å²) in [5, 5.41) is 3.39. The van der Waals surface area contributed by atoms with E-state index in [-0.39, 0.29) is 17.7 Å².